The third-order valence-electron chi connectivity index (χ3n) is 5.54. The van der Waals surface area contributed by atoms with Crippen LogP contribution in [0.1, 0.15) is 6.42 Å². The molecule has 0 radical (unpaired) electrons. The van der Waals surface area contributed by atoms with Gasteiger partial charge in [0, 0.05) is 25.2 Å². The highest BCUT2D eigenvalue weighted by molar-refractivity contribution is 7.92. The summed E-state index contributed by atoms with van der Waals surface area (Å²) in [6.07, 6.45) is 0.774. The lowest BCUT2D eigenvalue weighted by atomic mass is 9.88. The molecule has 2 fully saturated rings. The summed E-state index contributed by atoms with van der Waals surface area (Å²) in [6, 6.07) is 4.48. The van der Waals surface area contributed by atoms with Crippen molar-refractivity contribution in [3.05, 3.63) is 46.9 Å². The second-order valence-electron chi connectivity index (χ2n) is 7.96. The number of rotatable bonds is 5. The van der Waals surface area contributed by atoms with E-state index in [1.54, 1.807) is 4.90 Å². The first-order valence-electron chi connectivity index (χ1n) is 9.39. The summed E-state index contributed by atoms with van der Waals surface area (Å²) >= 11 is 6.09. The molecule has 1 aromatic carbocycles. The predicted molar refractivity (Wildman–Crippen MR) is 109 cm³/mol. The van der Waals surface area contributed by atoms with Crippen LogP contribution in [0.3, 0.4) is 0 Å². The third-order valence-corrected chi connectivity index (χ3v) is 7.29. The molecule has 31 heavy (non-hydrogen) atoms. The van der Waals surface area contributed by atoms with Crippen LogP contribution >= 0.6 is 11.6 Å². The molecule has 0 aliphatic carbocycles. The second-order valence-corrected chi connectivity index (χ2v) is 9.95. The molecule has 4 rings (SSSR count). The van der Waals surface area contributed by atoms with Gasteiger partial charge in [-0.05, 0) is 32.6 Å². The minimum Gasteiger partial charge on any atom is -0.370 e. The smallest absolute Gasteiger partial charge is 0.268 e. The lowest BCUT2D eigenvalue weighted by molar-refractivity contribution is -0.0189. The molecule has 2 aliphatic heterocycles. The van der Waals surface area contributed by atoms with Gasteiger partial charge in [0.1, 0.15) is 22.3 Å². The fraction of sp³-hybridized carbons (Fsp3) is 0.421. The molecule has 12 heteroatoms. The van der Waals surface area contributed by atoms with Gasteiger partial charge in [0.25, 0.3) is 10.0 Å². The quantitative estimate of drug-likeness (QED) is 0.528. The van der Waals surface area contributed by atoms with Crippen LogP contribution in [0.4, 0.5) is 24.7 Å². The minimum absolute atomic E-state index is 0.0435. The number of hydrogen-bond donors (Lipinski definition) is 1. The molecule has 0 unspecified atom stereocenters. The molecule has 1 aromatic heterocycles. The summed E-state index contributed by atoms with van der Waals surface area (Å²) < 4.78 is 75.7. The Balaban J connectivity index is 1.58. The van der Waals surface area contributed by atoms with E-state index in [2.05, 4.69) is 9.88 Å². The van der Waals surface area contributed by atoms with Gasteiger partial charge in [0.05, 0.1) is 12.3 Å². The van der Waals surface area contributed by atoms with Crippen molar-refractivity contribution in [2.75, 3.05) is 43.4 Å². The predicted octanol–water partition coefficient (Wildman–Crippen LogP) is 2.86. The fourth-order valence-electron chi connectivity index (χ4n) is 3.89. The number of halogens is 4. The van der Waals surface area contributed by atoms with Crippen LogP contribution in [-0.4, -0.2) is 63.7 Å². The van der Waals surface area contributed by atoms with E-state index in [1.807, 2.05) is 18.8 Å². The average Bonchev–Trinajstić information content (AvgIpc) is 3.09. The zero-order valence-electron chi connectivity index (χ0n) is 16.7. The average molecular weight is 477 g/mol. The Morgan fingerprint density at radius 3 is 2.61 bits per heavy atom. The van der Waals surface area contributed by atoms with Crippen molar-refractivity contribution >= 4 is 33.1 Å². The van der Waals surface area contributed by atoms with E-state index >= 15 is 0 Å². The SMILES string of the molecule is CN(C)[C@H]1COC2(C1)CN(c1cc(F)c(S(=O)(=O)Nc3cccc(F)n3)c(F)c1Cl)C2. The van der Waals surface area contributed by atoms with Crippen LogP contribution in [0.25, 0.3) is 0 Å². The molecular formula is C19H20ClF3N4O3S. The molecule has 1 N–H and O–H groups in total. The fourth-order valence-corrected chi connectivity index (χ4v) is 5.36. The van der Waals surface area contributed by atoms with Crippen molar-refractivity contribution in [1.29, 1.82) is 0 Å². The van der Waals surface area contributed by atoms with E-state index in [0.717, 1.165) is 24.6 Å². The number of pyridine rings is 1. The van der Waals surface area contributed by atoms with E-state index in [-0.39, 0.29) is 11.7 Å². The Labute approximate surface area is 182 Å². The minimum atomic E-state index is -4.75. The maximum atomic E-state index is 14.9. The Morgan fingerprint density at radius 1 is 1.29 bits per heavy atom. The first-order chi connectivity index (χ1) is 14.5. The maximum absolute atomic E-state index is 14.9. The highest BCUT2D eigenvalue weighted by Crippen LogP contribution is 2.43. The largest absolute Gasteiger partial charge is 0.370 e. The molecule has 2 aliphatic rings. The summed E-state index contributed by atoms with van der Waals surface area (Å²) in [4.78, 5) is 5.78. The topological polar surface area (TPSA) is 74.8 Å². The lowest BCUT2D eigenvalue weighted by Crippen LogP contribution is -2.62. The molecule has 2 aromatic rings. The van der Waals surface area contributed by atoms with Gasteiger partial charge in [-0.2, -0.15) is 4.39 Å². The molecule has 1 atom stereocenters. The van der Waals surface area contributed by atoms with E-state index in [4.69, 9.17) is 16.3 Å². The van der Waals surface area contributed by atoms with Gasteiger partial charge in [0.15, 0.2) is 10.7 Å². The van der Waals surface area contributed by atoms with Crippen molar-refractivity contribution in [1.82, 2.24) is 9.88 Å². The second kappa shape index (κ2) is 7.80. The first-order valence-corrected chi connectivity index (χ1v) is 11.3. The Kier molecular flexibility index (Phi) is 5.57. The number of nitrogens with zero attached hydrogens (tertiary/aromatic N) is 3. The normalized spacial score (nSPS) is 20.4. The van der Waals surface area contributed by atoms with Crippen molar-refractivity contribution < 1.29 is 26.3 Å². The maximum Gasteiger partial charge on any atom is 0.268 e. The summed E-state index contributed by atoms with van der Waals surface area (Å²) in [5, 5.41) is -0.522. The van der Waals surface area contributed by atoms with Crippen LogP contribution in [0.5, 0.6) is 0 Å². The molecule has 3 heterocycles. The van der Waals surface area contributed by atoms with Crippen molar-refractivity contribution in [2.45, 2.75) is 23.0 Å². The van der Waals surface area contributed by atoms with Gasteiger partial charge in [-0.1, -0.05) is 17.7 Å². The van der Waals surface area contributed by atoms with Gasteiger partial charge in [-0.25, -0.2) is 22.2 Å². The molecule has 168 valence electrons. The number of ether oxygens (including phenoxy) is 1. The summed E-state index contributed by atoms with van der Waals surface area (Å²) in [5.41, 5.74) is -0.373. The molecule has 2 saturated heterocycles. The van der Waals surface area contributed by atoms with E-state index in [9.17, 15) is 21.6 Å². The third kappa shape index (κ3) is 4.07. The van der Waals surface area contributed by atoms with E-state index in [0.29, 0.717) is 19.7 Å². The van der Waals surface area contributed by atoms with Gasteiger partial charge in [0.2, 0.25) is 5.95 Å². The number of benzene rings is 1. The molecular weight excluding hydrogens is 457 g/mol. The van der Waals surface area contributed by atoms with Gasteiger partial charge in [-0.3, -0.25) is 4.72 Å². The number of aromatic nitrogens is 1. The standard InChI is InChI=1S/C19H20ClF3N4O3S/c1-26(2)11-7-19(30-8-11)9-27(10-19)13-6-12(21)18(17(23)16(13)20)31(28,29)25-15-5-3-4-14(22)24-15/h3-6,11H,7-10H2,1-2H3,(H,24,25)/t11-/m1/s1. The summed E-state index contributed by atoms with van der Waals surface area (Å²) in [6.45, 7) is 1.33. The number of anilines is 2. The summed E-state index contributed by atoms with van der Waals surface area (Å²) in [7, 11) is -0.834. The van der Waals surface area contributed by atoms with Crippen LogP contribution < -0.4 is 9.62 Å². The van der Waals surface area contributed by atoms with E-state index in [1.165, 1.54) is 6.07 Å². The van der Waals surface area contributed by atoms with E-state index < -0.39 is 48.9 Å². The molecule has 0 bridgehead atoms. The molecule has 7 nitrogen and oxygen atoms in total. The van der Waals surface area contributed by atoms with Crippen LogP contribution in [0.2, 0.25) is 5.02 Å². The summed E-state index contributed by atoms with van der Waals surface area (Å²) in [5.74, 6) is -4.12. The van der Waals surface area contributed by atoms with Gasteiger partial charge < -0.3 is 14.5 Å². The zero-order chi connectivity index (χ0) is 22.6. The van der Waals surface area contributed by atoms with Crippen molar-refractivity contribution in [3.63, 3.8) is 0 Å². The first kappa shape index (κ1) is 22.1. The zero-order valence-corrected chi connectivity index (χ0v) is 18.3. The van der Waals surface area contributed by atoms with Crippen LogP contribution in [0.15, 0.2) is 29.2 Å². The highest BCUT2D eigenvalue weighted by atomic mass is 35.5. The van der Waals surface area contributed by atoms with Crippen LogP contribution in [0, 0.1) is 17.6 Å². The highest BCUT2D eigenvalue weighted by Gasteiger charge is 2.51. The lowest BCUT2D eigenvalue weighted by Gasteiger charge is -2.49. The number of likely N-dealkylation sites (N-methyl/N-ethyl adjacent to an activating group) is 1. The number of nitrogens with one attached hydrogen (secondary N) is 1. The molecule has 0 amide bonds. The number of hydrogen-bond acceptors (Lipinski definition) is 6. The molecule has 1 spiro atoms. The van der Waals surface area contributed by atoms with Crippen LogP contribution in [-0.2, 0) is 14.8 Å². The Morgan fingerprint density at radius 2 is 2.00 bits per heavy atom. The van der Waals surface area contributed by atoms with Crippen molar-refractivity contribution in [2.24, 2.45) is 0 Å². The van der Waals surface area contributed by atoms with Crippen molar-refractivity contribution in [3.8, 4) is 0 Å². The number of sulfonamides is 1. The Bertz CT molecular complexity index is 1130. The van der Waals surface area contributed by atoms with Gasteiger partial charge >= 0.3 is 0 Å². The van der Waals surface area contributed by atoms with Gasteiger partial charge in [-0.15, -0.1) is 0 Å². The Hall–Kier alpha value is -2.08. The monoisotopic (exact) mass is 476 g/mol. The molecule has 0 saturated carbocycles.